The van der Waals surface area contributed by atoms with E-state index in [0.29, 0.717) is 12.5 Å². The first-order chi connectivity index (χ1) is 7.74. The molecule has 0 aromatic carbocycles. The van der Waals surface area contributed by atoms with Crippen LogP contribution in [0.2, 0.25) is 0 Å². The van der Waals surface area contributed by atoms with Gasteiger partial charge in [-0.2, -0.15) is 0 Å². The molecule has 1 saturated heterocycles. The van der Waals surface area contributed by atoms with Crippen LogP contribution in [0.15, 0.2) is 25.3 Å². The van der Waals surface area contributed by atoms with Gasteiger partial charge in [-0.05, 0) is 25.7 Å². The third-order valence-electron chi connectivity index (χ3n) is 3.29. The maximum atomic E-state index is 12.1. The second-order valence-corrected chi connectivity index (χ2v) is 4.47. The zero-order valence-corrected chi connectivity index (χ0v) is 10.3. The van der Waals surface area contributed by atoms with Crippen molar-refractivity contribution >= 4 is 5.91 Å². The fraction of sp³-hybridized carbons (Fsp3) is 0.643. The molecule has 1 heterocycles. The van der Waals surface area contributed by atoms with E-state index in [-0.39, 0.29) is 11.9 Å². The van der Waals surface area contributed by atoms with Crippen molar-refractivity contribution in [1.82, 2.24) is 4.90 Å². The van der Waals surface area contributed by atoms with Gasteiger partial charge in [-0.25, -0.2) is 0 Å². The molecule has 1 amide bonds. The van der Waals surface area contributed by atoms with Gasteiger partial charge in [-0.15, -0.1) is 13.2 Å². The molecule has 0 aliphatic carbocycles. The SMILES string of the molecule is C=CCC(=O)N1[C@H](CCC)CCC[C@@H]1C=C. The molecule has 2 heteroatoms. The average Bonchev–Trinajstić information content (AvgIpc) is 2.29. The van der Waals surface area contributed by atoms with Crippen molar-refractivity contribution in [3.8, 4) is 0 Å². The first-order valence-corrected chi connectivity index (χ1v) is 6.29. The molecule has 0 aromatic heterocycles. The van der Waals surface area contributed by atoms with E-state index in [1.807, 2.05) is 11.0 Å². The molecular weight excluding hydrogens is 198 g/mol. The summed E-state index contributed by atoms with van der Waals surface area (Å²) >= 11 is 0. The zero-order valence-electron chi connectivity index (χ0n) is 10.3. The molecule has 1 aliphatic rings. The van der Waals surface area contributed by atoms with E-state index < -0.39 is 0 Å². The summed E-state index contributed by atoms with van der Waals surface area (Å²) in [7, 11) is 0. The van der Waals surface area contributed by atoms with Crippen LogP contribution in [0, 0.1) is 0 Å². The minimum atomic E-state index is 0.207. The van der Waals surface area contributed by atoms with E-state index in [2.05, 4.69) is 20.1 Å². The van der Waals surface area contributed by atoms with Gasteiger partial charge in [0.1, 0.15) is 0 Å². The Morgan fingerprint density at radius 1 is 1.44 bits per heavy atom. The fourth-order valence-electron chi connectivity index (χ4n) is 2.58. The molecule has 1 aliphatic heterocycles. The molecule has 1 rings (SSSR count). The van der Waals surface area contributed by atoms with E-state index >= 15 is 0 Å². The minimum absolute atomic E-state index is 0.207. The zero-order chi connectivity index (χ0) is 12.0. The Kier molecular flexibility index (Phi) is 5.30. The Balaban J connectivity index is 2.77. The van der Waals surface area contributed by atoms with Gasteiger partial charge in [-0.3, -0.25) is 4.79 Å². The Hall–Kier alpha value is -1.05. The molecule has 0 aromatic rings. The van der Waals surface area contributed by atoms with Gasteiger partial charge in [0, 0.05) is 12.5 Å². The van der Waals surface area contributed by atoms with Gasteiger partial charge in [0.25, 0.3) is 0 Å². The fourth-order valence-corrected chi connectivity index (χ4v) is 2.58. The lowest BCUT2D eigenvalue weighted by atomic mass is 9.92. The number of carbonyl (C=O) groups excluding carboxylic acids is 1. The molecule has 0 saturated carbocycles. The Morgan fingerprint density at radius 2 is 2.19 bits per heavy atom. The first kappa shape index (κ1) is 13.0. The summed E-state index contributed by atoms with van der Waals surface area (Å²) in [5.74, 6) is 0.207. The molecule has 0 unspecified atom stereocenters. The van der Waals surface area contributed by atoms with Crippen molar-refractivity contribution in [2.45, 2.75) is 57.5 Å². The van der Waals surface area contributed by atoms with E-state index in [1.165, 1.54) is 6.42 Å². The number of carbonyl (C=O) groups is 1. The van der Waals surface area contributed by atoms with E-state index in [9.17, 15) is 4.79 Å². The Bertz CT molecular complexity index is 257. The third kappa shape index (κ3) is 2.97. The standard InChI is InChI=1S/C14H23NO/c1-4-8-13-11-7-10-12(6-3)15(13)14(16)9-5-2/h5-6,12-13H,2-4,7-11H2,1H3/t12-,13+/m0/s1. The number of hydrogen-bond donors (Lipinski definition) is 0. The monoisotopic (exact) mass is 221 g/mol. The van der Waals surface area contributed by atoms with Gasteiger partial charge < -0.3 is 4.90 Å². The van der Waals surface area contributed by atoms with Crippen LogP contribution in [0.3, 0.4) is 0 Å². The summed E-state index contributed by atoms with van der Waals surface area (Å²) in [4.78, 5) is 14.1. The molecule has 16 heavy (non-hydrogen) atoms. The van der Waals surface area contributed by atoms with Crippen LogP contribution in [0.5, 0.6) is 0 Å². The van der Waals surface area contributed by atoms with E-state index in [1.54, 1.807) is 6.08 Å². The molecule has 90 valence electrons. The summed E-state index contributed by atoms with van der Waals surface area (Å²) in [6.45, 7) is 9.67. The molecule has 0 spiro atoms. The second kappa shape index (κ2) is 6.51. The maximum Gasteiger partial charge on any atom is 0.227 e. The Labute approximate surface area is 99.0 Å². The topological polar surface area (TPSA) is 20.3 Å². The van der Waals surface area contributed by atoms with Crippen LogP contribution in [0.1, 0.15) is 45.4 Å². The van der Waals surface area contributed by atoms with Crippen LogP contribution < -0.4 is 0 Å². The highest BCUT2D eigenvalue weighted by atomic mass is 16.2. The summed E-state index contributed by atoms with van der Waals surface area (Å²) in [6.07, 6.45) is 9.71. The lowest BCUT2D eigenvalue weighted by molar-refractivity contribution is -0.136. The predicted octanol–water partition coefficient (Wildman–Crippen LogP) is 3.30. The number of nitrogens with zero attached hydrogens (tertiary/aromatic N) is 1. The van der Waals surface area contributed by atoms with Crippen molar-refractivity contribution in [2.24, 2.45) is 0 Å². The number of amides is 1. The maximum absolute atomic E-state index is 12.1. The molecular formula is C14H23NO. The summed E-state index contributed by atoms with van der Waals surface area (Å²) in [5, 5.41) is 0. The number of rotatable bonds is 5. The highest BCUT2D eigenvalue weighted by molar-refractivity contribution is 5.78. The third-order valence-corrected chi connectivity index (χ3v) is 3.29. The van der Waals surface area contributed by atoms with E-state index in [0.717, 1.165) is 25.7 Å². The number of hydrogen-bond acceptors (Lipinski definition) is 1. The van der Waals surface area contributed by atoms with Crippen LogP contribution in [0.25, 0.3) is 0 Å². The molecule has 0 N–H and O–H groups in total. The van der Waals surface area contributed by atoms with Crippen molar-refractivity contribution in [3.63, 3.8) is 0 Å². The van der Waals surface area contributed by atoms with E-state index in [4.69, 9.17) is 0 Å². The number of likely N-dealkylation sites (tertiary alicyclic amines) is 1. The van der Waals surface area contributed by atoms with Crippen molar-refractivity contribution in [1.29, 1.82) is 0 Å². The Morgan fingerprint density at radius 3 is 2.75 bits per heavy atom. The minimum Gasteiger partial charge on any atom is -0.333 e. The smallest absolute Gasteiger partial charge is 0.227 e. The number of piperidine rings is 1. The first-order valence-electron chi connectivity index (χ1n) is 6.29. The van der Waals surface area contributed by atoms with Crippen LogP contribution >= 0.6 is 0 Å². The molecule has 0 radical (unpaired) electrons. The van der Waals surface area contributed by atoms with Gasteiger partial charge in [-0.1, -0.05) is 25.5 Å². The molecule has 2 nitrogen and oxygen atoms in total. The normalized spacial score (nSPS) is 25.2. The van der Waals surface area contributed by atoms with Gasteiger partial charge in [0.05, 0.1) is 6.04 Å². The van der Waals surface area contributed by atoms with Crippen molar-refractivity contribution in [3.05, 3.63) is 25.3 Å². The lowest BCUT2D eigenvalue weighted by Gasteiger charge is -2.41. The summed E-state index contributed by atoms with van der Waals surface area (Å²) in [6, 6.07) is 0.645. The highest BCUT2D eigenvalue weighted by Crippen LogP contribution is 2.27. The summed E-state index contributed by atoms with van der Waals surface area (Å²) < 4.78 is 0. The predicted molar refractivity (Wildman–Crippen MR) is 68.2 cm³/mol. The summed E-state index contributed by atoms with van der Waals surface area (Å²) in [5.41, 5.74) is 0. The largest absolute Gasteiger partial charge is 0.333 e. The van der Waals surface area contributed by atoms with Gasteiger partial charge in [0.15, 0.2) is 0 Å². The average molecular weight is 221 g/mol. The van der Waals surface area contributed by atoms with Crippen LogP contribution in [-0.4, -0.2) is 22.9 Å². The van der Waals surface area contributed by atoms with Crippen molar-refractivity contribution < 1.29 is 4.79 Å². The van der Waals surface area contributed by atoms with Crippen LogP contribution in [0.4, 0.5) is 0 Å². The van der Waals surface area contributed by atoms with Crippen LogP contribution in [-0.2, 0) is 4.79 Å². The van der Waals surface area contributed by atoms with Gasteiger partial charge >= 0.3 is 0 Å². The van der Waals surface area contributed by atoms with Gasteiger partial charge in [0.2, 0.25) is 5.91 Å². The second-order valence-electron chi connectivity index (χ2n) is 4.47. The molecule has 0 bridgehead atoms. The quantitative estimate of drug-likeness (QED) is 0.652. The van der Waals surface area contributed by atoms with Crippen molar-refractivity contribution in [2.75, 3.05) is 0 Å². The molecule has 1 fully saturated rings. The lowest BCUT2D eigenvalue weighted by Crippen LogP contribution is -2.49. The highest BCUT2D eigenvalue weighted by Gasteiger charge is 2.31. The molecule has 2 atom stereocenters.